The molecule has 2 saturated heterocycles. The van der Waals surface area contributed by atoms with Gasteiger partial charge in [-0.05, 0) is 122 Å². The molecule has 2 fully saturated rings. The SMILES string of the molecule is C=CC(=O)N1CC(Cn2cc(C(N)=O)c(-c3ccc(Oc4ccccc4)cc3)n2)CC1c1cccc(Oc2ccc(-c3nn(CC4CCN(C(=O)C#CC)C4)cc3C(N)=O)cc2)c1. The van der Waals surface area contributed by atoms with Crippen molar-refractivity contribution in [3.8, 4) is 57.4 Å². The van der Waals surface area contributed by atoms with E-state index in [-0.39, 0.29) is 29.7 Å². The van der Waals surface area contributed by atoms with Crippen molar-refractivity contribution in [3.63, 3.8) is 0 Å². The second-order valence-corrected chi connectivity index (χ2v) is 15.7. The van der Waals surface area contributed by atoms with Crippen LogP contribution in [0.2, 0.25) is 0 Å². The van der Waals surface area contributed by atoms with Gasteiger partial charge in [0.25, 0.3) is 17.7 Å². The van der Waals surface area contributed by atoms with E-state index in [4.69, 9.17) is 31.1 Å². The van der Waals surface area contributed by atoms with E-state index in [1.54, 1.807) is 50.6 Å². The number of para-hydroxylation sites is 1. The second kappa shape index (κ2) is 18.4. The Bertz CT molecular complexity index is 2730. The molecule has 4 N–H and O–H groups in total. The fourth-order valence-electron chi connectivity index (χ4n) is 8.34. The van der Waals surface area contributed by atoms with Gasteiger partial charge in [-0.3, -0.25) is 28.5 Å². The molecule has 0 radical (unpaired) electrons. The first kappa shape index (κ1) is 41.8. The van der Waals surface area contributed by atoms with Gasteiger partial charge in [-0.2, -0.15) is 10.2 Å². The molecule has 318 valence electrons. The number of likely N-dealkylation sites (tertiary alicyclic amines) is 2. The highest BCUT2D eigenvalue weighted by molar-refractivity contribution is 5.99. The maximum atomic E-state index is 13.2. The predicted molar refractivity (Wildman–Crippen MR) is 236 cm³/mol. The first-order valence-corrected chi connectivity index (χ1v) is 20.7. The second-order valence-electron chi connectivity index (χ2n) is 15.7. The molecule has 4 heterocycles. The molecule has 3 unspecified atom stereocenters. The topological polar surface area (TPSA) is 181 Å². The van der Waals surface area contributed by atoms with Crippen LogP contribution >= 0.6 is 0 Å². The molecule has 0 saturated carbocycles. The minimum atomic E-state index is -0.590. The van der Waals surface area contributed by atoms with E-state index in [0.29, 0.717) is 90.2 Å². The van der Waals surface area contributed by atoms with E-state index in [9.17, 15) is 19.2 Å². The summed E-state index contributed by atoms with van der Waals surface area (Å²) in [5.41, 5.74) is 15.4. The Hall–Kier alpha value is -7.92. The molecule has 4 amide bonds. The van der Waals surface area contributed by atoms with Crippen molar-refractivity contribution < 1.29 is 28.7 Å². The van der Waals surface area contributed by atoms with Crippen LogP contribution in [0.5, 0.6) is 23.0 Å². The summed E-state index contributed by atoms with van der Waals surface area (Å²) in [6, 6.07) is 31.4. The van der Waals surface area contributed by atoms with E-state index < -0.39 is 11.8 Å². The molecule has 4 aromatic carbocycles. The van der Waals surface area contributed by atoms with Gasteiger partial charge in [-0.25, -0.2) is 0 Å². The Labute approximate surface area is 364 Å². The number of rotatable bonds is 14. The third-order valence-electron chi connectivity index (χ3n) is 11.3. The van der Waals surface area contributed by atoms with Crippen molar-refractivity contribution in [2.45, 2.75) is 38.9 Å². The number of nitrogens with zero attached hydrogens (tertiary/aromatic N) is 6. The number of aromatic nitrogens is 4. The van der Waals surface area contributed by atoms with Crippen molar-refractivity contribution in [2.24, 2.45) is 23.3 Å². The first-order valence-electron chi connectivity index (χ1n) is 20.7. The first-order chi connectivity index (χ1) is 30.5. The number of amides is 4. The Morgan fingerprint density at radius 1 is 0.730 bits per heavy atom. The lowest BCUT2D eigenvalue weighted by molar-refractivity contribution is -0.127. The number of carbonyl (C=O) groups excluding carboxylic acids is 4. The van der Waals surface area contributed by atoms with E-state index in [1.165, 1.54) is 6.08 Å². The summed E-state index contributed by atoms with van der Waals surface area (Å²) in [7, 11) is 0. The van der Waals surface area contributed by atoms with Crippen LogP contribution in [0.4, 0.5) is 0 Å². The average Bonchev–Trinajstić information content (AvgIpc) is 4.12. The van der Waals surface area contributed by atoms with Crippen LogP contribution in [-0.4, -0.2) is 72.6 Å². The molecule has 3 atom stereocenters. The molecule has 2 aromatic heterocycles. The average molecular weight is 843 g/mol. The molecule has 14 heteroatoms. The molecule has 6 aromatic rings. The molecular weight excluding hydrogens is 797 g/mol. The third-order valence-corrected chi connectivity index (χ3v) is 11.3. The molecule has 0 bridgehead atoms. The van der Waals surface area contributed by atoms with Crippen molar-refractivity contribution in [1.29, 1.82) is 0 Å². The van der Waals surface area contributed by atoms with E-state index in [1.807, 2.05) is 91.0 Å². The van der Waals surface area contributed by atoms with Crippen molar-refractivity contribution in [1.82, 2.24) is 29.4 Å². The predicted octanol–water partition coefficient (Wildman–Crippen LogP) is 6.84. The Morgan fingerprint density at radius 2 is 1.29 bits per heavy atom. The Balaban J connectivity index is 0.941. The van der Waals surface area contributed by atoms with Gasteiger partial charge >= 0.3 is 0 Å². The zero-order valence-corrected chi connectivity index (χ0v) is 34.7. The van der Waals surface area contributed by atoms with Crippen molar-refractivity contribution in [2.75, 3.05) is 19.6 Å². The summed E-state index contributed by atoms with van der Waals surface area (Å²) in [5, 5.41) is 9.51. The molecule has 2 aliphatic rings. The Kier molecular flexibility index (Phi) is 12.2. The molecule has 0 spiro atoms. The minimum absolute atomic E-state index is 0.00221. The lowest BCUT2D eigenvalue weighted by atomic mass is 9.99. The summed E-state index contributed by atoms with van der Waals surface area (Å²) in [6.45, 7) is 8.02. The molecular formula is C49H46N8O6. The van der Waals surface area contributed by atoms with Gasteiger partial charge in [0.1, 0.15) is 34.4 Å². The fraction of sp³-hybridized carbons (Fsp3) is 0.224. The van der Waals surface area contributed by atoms with E-state index in [2.05, 4.69) is 18.4 Å². The number of ether oxygens (including phenoxy) is 2. The Morgan fingerprint density at radius 3 is 1.86 bits per heavy atom. The van der Waals surface area contributed by atoms with Crippen LogP contribution in [-0.2, 0) is 22.7 Å². The lowest BCUT2D eigenvalue weighted by Gasteiger charge is -2.24. The number of benzene rings is 4. The highest BCUT2D eigenvalue weighted by Crippen LogP contribution is 2.39. The summed E-state index contributed by atoms with van der Waals surface area (Å²) in [4.78, 5) is 54.1. The zero-order valence-electron chi connectivity index (χ0n) is 34.7. The zero-order chi connectivity index (χ0) is 44.0. The van der Waals surface area contributed by atoms with Crippen molar-refractivity contribution in [3.05, 3.63) is 145 Å². The maximum Gasteiger partial charge on any atom is 0.298 e. The molecule has 8 rings (SSSR count). The van der Waals surface area contributed by atoms with Crippen LogP contribution in [0.15, 0.2) is 128 Å². The van der Waals surface area contributed by atoms with Crippen LogP contribution in [0.25, 0.3) is 22.5 Å². The standard InChI is InChI=1S/C49H46N8O6/c1-3-9-45(59)54-23-22-32(26-54)27-55-30-41(48(50)60)46(52-55)35-16-20-39(21-17-35)63-40-13-8-10-36(25-40)43-24-33(29-57(43)44(58)4-2)28-56-31-42(49(51)61)47(53-56)34-14-18-38(19-15-34)62-37-11-6-5-7-12-37/h4-8,10-21,25,30-33,43H,2,22-24,26-29H2,1H3,(H2,50,60)(H2,51,61). The third kappa shape index (κ3) is 9.53. The van der Waals surface area contributed by atoms with Gasteiger partial charge in [-0.15, -0.1) is 0 Å². The maximum absolute atomic E-state index is 13.2. The highest BCUT2D eigenvalue weighted by atomic mass is 16.5. The van der Waals surface area contributed by atoms with Gasteiger partial charge in [0.05, 0.1) is 17.2 Å². The van der Waals surface area contributed by atoms with Crippen LogP contribution in [0.1, 0.15) is 52.1 Å². The smallest absolute Gasteiger partial charge is 0.298 e. The lowest BCUT2D eigenvalue weighted by Crippen LogP contribution is -2.30. The van der Waals surface area contributed by atoms with Gasteiger partial charge < -0.3 is 30.7 Å². The number of carbonyl (C=O) groups is 4. The van der Waals surface area contributed by atoms with Crippen LogP contribution < -0.4 is 20.9 Å². The molecule has 14 nitrogen and oxygen atoms in total. The number of hydrogen-bond acceptors (Lipinski definition) is 8. The van der Waals surface area contributed by atoms with E-state index in [0.717, 1.165) is 17.5 Å². The summed E-state index contributed by atoms with van der Waals surface area (Å²) >= 11 is 0. The molecule has 0 aliphatic carbocycles. The number of hydrogen-bond donors (Lipinski definition) is 2. The normalized spacial score (nSPS) is 16.9. The van der Waals surface area contributed by atoms with Gasteiger partial charge in [-0.1, -0.05) is 42.8 Å². The molecule has 2 aliphatic heterocycles. The molecule has 63 heavy (non-hydrogen) atoms. The van der Waals surface area contributed by atoms with Gasteiger partial charge in [0.15, 0.2) is 0 Å². The summed E-state index contributed by atoms with van der Waals surface area (Å²) in [5.74, 6) is 6.36. The van der Waals surface area contributed by atoms with Gasteiger partial charge in [0.2, 0.25) is 5.91 Å². The van der Waals surface area contributed by atoms with E-state index >= 15 is 0 Å². The van der Waals surface area contributed by atoms with Crippen LogP contribution in [0.3, 0.4) is 0 Å². The highest BCUT2D eigenvalue weighted by Gasteiger charge is 2.36. The monoisotopic (exact) mass is 842 g/mol. The largest absolute Gasteiger partial charge is 0.457 e. The van der Waals surface area contributed by atoms with Crippen LogP contribution in [0, 0.1) is 23.7 Å². The fourth-order valence-corrected chi connectivity index (χ4v) is 8.34. The quantitative estimate of drug-likeness (QED) is 0.0883. The van der Waals surface area contributed by atoms with Crippen molar-refractivity contribution >= 4 is 23.6 Å². The minimum Gasteiger partial charge on any atom is -0.457 e. The number of primary amides is 2. The van der Waals surface area contributed by atoms with Gasteiger partial charge in [0, 0.05) is 56.2 Å². The number of nitrogens with two attached hydrogens (primary N) is 2. The summed E-state index contributed by atoms with van der Waals surface area (Å²) in [6.07, 6.45) is 6.08. The summed E-state index contributed by atoms with van der Waals surface area (Å²) < 4.78 is 15.7.